The van der Waals surface area contributed by atoms with Crippen molar-refractivity contribution in [2.75, 3.05) is 0 Å². The lowest BCUT2D eigenvalue weighted by atomic mass is 10.0. The van der Waals surface area contributed by atoms with E-state index in [1.165, 1.54) is 141 Å². The zero-order valence-corrected chi connectivity index (χ0v) is 23.1. The second-order valence-corrected chi connectivity index (χ2v) is 10.4. The molecular weight excluding hydrogens is 420 g/mol. The van der Waals surface area contributed by atoms with Crippen molar-refractivity contribution in [3.05, 3.63) is 12.2 Å². The van der Waals surface area contributed by atoms with Gasteiger partial charge in [-0.1, -0.05) is 161 Å². The Bertz CT molecular complexity index is 483. The molecule has 0 unspecified atom stereocenters. The van der Waals surface area contributed by atoms with Crippen molar-refractivity contribution < 1.29 is 14.3 Å². The molecule has 3 heteroatoms. The van der Waals surface area contributed by atoms with E-state index in [1.807, 2.05) is 0 Å². The molecule has 0 amide bonds. The number of carbonyl (C=O) groups excluding carboxylic acids is 2. The van der Waals surface area contributed by atoms with Crippen LogP contribution in [-0.4, -0.2) is 11.9 Å². The average molecular weight is 479 g/mol. The first-order valence-electron chi connectivity index (χ1n) is 15.0. The van der Waals surface area contributed by atoms with Crippen LogP contribution < -0.4 is 0 Å². The predicted octanol–water partition coefficient (Wildman–Crippen LogP) is 10.4. The molecule has 0 spiro atoms. The molecule has 0 heterocycles. The van der Waals surface area contributed by atoms with E-state index in [-0.39, 0.29) is 5.57 Å². The zero-order valence-electron chi connectivity index (χ0n) is 23.1. The van der Waals surface area contributed by atoms with E-state index in [1.54, 1.807) is 6.92 Å². The van der Waals surface area contributed by atoms with Gasteiger partial charge < -0.3 is 4.74 Å². The monoisotopic (exact) mass is 478 g/mol. The first kappa shape index (κ1) is 32.9. The molecule has 0 aliphatic rings. The molecule has 0 rings (SSSR count). The number of esters is 2. The number of unbranched alkanes of at least 4 members (excludes halogenated alkanes) is 23. The number of carbonyl (C=O) groups is 2. The first-order chi connectivity index (χ1) is 16.6. The van der Waals surface area contributed by atoms with Crippen LogP contribution in [0, 0.1) is 0 Å². The molecular formula is C31H58O3. The molecule has 0 N–H and O–H groups in total. The van der Waals surface area contributed by atoms with Gasteiger partial charge in [0.2, 0.25) is 0 Å². The molecule has 0 aromatic carbocycles. The second-order valence-electron chi connectivity index (χ2n) is 10.4. The molecule has 34 heavy (non-hydrogen) atoms. The van der Waals surface area contributed by atoms with Gasteiger partial charge in [-0.25, -0.2) is 4.79 Å². The fourth-order valence-electron chi connectivity index (χ4n) is 4.47. The summed E-state index contributed by atoms with van der Waals surface area (Å²) < 4.78 is 4.69. The zero-order chi connectivity index (χ0) is 25.1. The molecule has 0 aromatic rings. The molecule has 0 radical (unpaired) electrons. The van der Waals surface area contributed by atoms with Crippen molar-refractivity contribution in [2.45, 2.75) is 174 Å². The number of hydrogen-bond donors (Lipinski definition) is 0. The summed E-state index contributed by atoms with van der Waals surface area (Å²) in [4.78, 5) is 22.7. The molecule has 0 saturated heterocycles. The van der Waals surface area contributed by atoms with Crippen LogP contribution in [0.15, 0.2) is 12.2 Å². The highest BCUT2D eigenvalue weighted by Gasteiger charge is 2.10. The van der Waals surface area contributed by atoms with Gasteiger partial charge in [0.25, 0.3) is 0 Å². The van der Waals surface area contributed by atoms with Crippen LogP contribution in [0.5, 0.6) is 0 Å². The van der Waals surface area contributed by atoms with E-state index in [2.05, 4.69) is 18.2 Å². The highest BCUT2D eigenvalue weighted by Crippen LogP contribution is 2.15. The van der Waals surface area contributed by atoms with Gasteiger partial charge in [-0.05, 0) is 13.3 Å². The van der Waals surface area contributed by atoms with Gasteiger partial charge in [0.05, 0.1) is 0 Å². The SMILES string of the molecule is C=C(C)C(=O)OC(=O)CCCCCCCCCCCCCCCCCCCCCCCCCC. The van der Waals surface area contributed by atoms with Crippen LogP contribution in [-0.2, 0) is 14.3 Å². The van der Waals surface area contributed by atoms with Gasteiger partial charge in [0, 0.05) is 12.0 Å². The molecule has 0 atom stereocenters. The van der Waals surface area contributed by atoms with E-state index in [0.717, 1.165) is 12.8 Å². The summed E-state index contributed by atoms with van der Waals surface area (Å²) in [5.74, 6) is -1.03. The lowest BCUT2D eigenvalue weighted by Crippen LogP contribution is -2.12. The molecule has 0 saturated carbocycles. The normalized spacial score (nSPS) is 11.0. The van der Waals surface area contributed by atoms with Crippen molar-refractivity contribution in [1.82, 2.24) is 0 Å². The maximum atomic E-state index is 11.5. The third-order valence-corrected chi connectivity index (χ3v) is 6.79. The molecule has 3 nitrogen and oxygen atoms in total. The first-order valence-corrected chi connectivity index (χ1v) is 15.0. The van der Waals surface area contributed by atoms with Crippen molar-refractivity contribution in [3.63, 3.8) is 0 Å². The van der Waals surface area contributed by atoms with Gasteiger partial charge >= 0.3 is 11.9 Å². The molecule has 200 valence electrons. The van der Waals surface area contributed by atoms with Crippen LogP contribution in [0.4, 0.5) is 0 Å². The van der Waals surface area contributed by atoms with Gasteiger partial charge in [-0.15, -0.1) is 0 Å². The number of rotatable bonds is 26. The summed E-state index contributed by atoms with van der Waals surface area (Å²) in [6.45, 7) is 7.32. The summed E-state index contributed by atoms with van der Waals surface area (Å²) in [6.07, 6.45) is 33.0. The van der Waals surface area contributed by atoms with Crippen molar-refractivity contribution in [2.24, 2.45) is 0 Å². The Morgan fingerprint density at radius 2 is 0.765 bits per heavy atom. The summed E-state index contributed by atoms with van der Waals surface area (Å²) in [5, 5.41) is 0. The van der Waals surface area contributed by atoms with E-state index < -0.39 is 11.9 Å². The summed E-state index contributed by atoms with van der Waals surface area (Å²) in [6, 6.07) is 0. The maximum absolute atomic E-state index is 11.5. The highest BCUT2D eigenvalue weighted by atomic mass is 16.6. The summed E-state index contributed by atoms with van der Waals surface area (Å²) >= 11 is 0. The fraction of sp³-hybridized carbons (Fsp3) is 0.871. The van der Waals surface area contributed by atoms with Gasteiger partial charge in [-0.3, -0.25) is 4.79 Å². The quantitative estimate of drug-likeness (QED) is 0.0537. The Morgan fingerprint density at radius 3 is 1.03 bits per heavy atom. The standard InChI is InChI=1S/C31H58O3/c1-4-5-6-7-8-9-10-11-12-13-14-15-16-17-18-19-20-21-22-23-24-25-26-27-28-30(32)34-31(33)29(2)3/h2,4-28H2,1,3H3. The molecule has 0 aromatic heterocycles. The van der Waals surface area contributed by atoms with Crippen LogP contribution in [0.3, 0.4) is 0 Å². The smallest absolute Gasteiger partial charge is 0.340 e. The third kappa shape index (κ3) is 25.5. The summed E-state index contributed by atoms with van der Waals surface area (Å²) in [5.41, 5.74) is 0.271. The van der Waals surface area contributed by atoms with E-state index in [4.69, 9.17) is 0 Å². The fourth-order valence-corrected chi connectivity index (χ4v) is 4.47. The number of hydrogen-bond acceptors (Lipinski definition) is 3. The molecule has 0 fully saturated rings. The predicted molar refractivity (Wildman–Crippen MR) is 147 cm³/mol. The Morgan fingerprint density at radius 1 is 0.500 bits per heavy atom. The van der Waals surface area contributed by atoms with Crippen LogP contribution in [0.1, 0.15) is 174 Å². The van der Waals surface area contributed by atoms with Crippen molar-refractivity contribution >= 4 is 11.9 Å². The van der Waals surface area contributed by atoms with Gasteiger partial charge in [0.15, 0.2) is 0 Å². The van der Waals surface area contributed by atoms with Gasteiger partial charge in [-0.2, -0.15) is 0 Å². The minimum atomic E-state index is -0.602. The largest absolute Gasteiger partial charge is 0.390 e. The topological polar surface area (TPSA) is 43.4 Å². The third-order valence-electron chi connectivity index (χ3n) is 6.79. The number of ether oxygens (including phenoxy) is 1. The second kappa shape index (κ2) is 26.5. The van der Waals surface area contributed by atoms with Crippen LogP contribution >= 0.6 is 0 Å². The maximum Gasteiger partial charge on any atom is 0.340 e. The Labute approximate surface area is 212 Å². The lowest BCUT2D eigenvalue weighted by Gasteiger charge is -2.04. The van der Waals surface area contributed by atoms with E-state index in [9.17, 15) is 9.59 Å². The minimum Gasteiger partial charge on any atom is -0.390 e. The van der Waals surface area contributed by atoms with Gasteiger partial charge in [0.1, 0.15) is 0 Å². The highest BCUT2D eigenvalue weighted by molar-refractivity contribution is 5.95. The average Bonchev–Trinajstić information content (AvgIpc) is 2.81. The van der Waals surface area contributed by atoms with E-state index >= 15 is 0 Å². The Kier molecular flexibility index (Phi) is 25.6. The summed E-state index contributed by atoms with van der Waals surface area (Å²) in [7, 11) is 0. The van der Waals surface area contributed by atoms with Crippen LogP contribution in [0.25, 0.3) is 0 Å². The van der Waals surface area contributed by atoms with Crippen molar-refractivity contribution in [3.8, 4) is 0 Å². The van der Waals surface area contributed by atoms with Crippen molar-refractivity contribution in [1.29, 1.82) is 0 Å². The molecule has 0 aliphatic carbocycles. The van der Waals surface area contributed by atoms with E-state index in [0.29, 0.717) is 6.42 Å². The van der Waals surface area contributed by atoms with Crippen LogP contribution in [0.2, 0.25) is 0 Å². The lowest BCUT2D eigenvalue weighted by molar-refractivity contribution is -0.156. The Balaban J connectivity index is 3.13. The molecule has 0 aliphatic heterocycles. The molecule has 0 bridgehead atoms. The minimum absolute atomic E-state index is 0.271. The Hall–Kier alpha value is -1.12.